The van der Waals surface area contributed by atoms with Crippen LogP contribution in [0.15, 0.2) is 5.38 Å². The van der Waals surface area contributed by atoms with E-state index in [1.54, 1.807) is 0 Å². The van der Waals surface area contributed by atoms with E-state index < -0.39 is 5.97 Å². The van der Waals surface area contributed by atoms with Gasteiger partial charge in [0, 0.05) is 11.9 Å². The van der Waals surface area contributed by atoms with Crippen molar-refractivity contribution in [2.75, 3.05) is 13.1 Å². The number of carboxylic acid groups (broad SMARTS) is 1. The Hall–Kier alpha value is -1.47. The zero-order valence-corrected chi connectivity index (χ0v) is 10.6. The highest BCUT2D eigenvalue weighted by molar-refractivity contribution is 7.09. The number of rotatable bonds is 4. The first-order valence-electron chi connectivity index (χ1n) is 5.83. The van der Waals surface area contributed by atoms with Crippen LogP contribution in [-0.2, 0) is 11.3 Å². The van der Waals surface area contributed by atoms with Gasteiger partial charge < -0.3 is 15.7 Å². The second kappa shape index (κ2) is 5.92. The number of aromatic nitrogens is 1. The van der Waals surface area contributed by atoms with Gasteiger partial charge in [0.05, 0.1) is 12.5 Å². The van der Waals surface area contributed by atoms with E-state index >= 15 is 0 Å². The van der Waals surface area contributed by atoms with E-state index in [-0.39, 0.29) is 17.5 Å². The van der Waals surface area contributed by atoms with Crippen molar-refractivity contribution in [1.82, 2.24) is 15.6 Å². The van der Waals surface area contributed by atoms with E-state index in [9.17, 15) is 9.59 Å². The number of nitrogens with one attached hydrogen (secondary N) is 2. The standard InChI is InChI=1S/C11H15N3O3S/c15-10(7-2-1-3-12-4-7)13-5-9-14-8(6-18-9)11(16)17/h6-7,12H,1-5H2,(H,13,15)(H,16,17). The largest absolute Gasteiger partial charge is 0.476 e. The van der Waals surface area contributed by atoms with Crippen LogP contribution >= 0.6 is 11.3 Å². The Morgan fingerprint density at radius 2 is 2.44 bits per heavy atom. The van der Waals surface area contributed by atoms with Crippen LogP contribution in [0, 0.1) is 5.92 Å². The third kappa shape index (κ3) is 3.27. The summed E-state index contributed by atoms with van der Waals surface area (Å²) in [6.45, 7) is 1.98. The summed E-state index contributed by atoms with van der Waals surface area (Å²) in [5.74, 6) is -1.02. The highest BCUT2D eigenvalue weighted by Gasteiger charge is 2.20. The summed E-state index contributed by atoms with van der Waals surface area (Å²) >= 11 is 1.24. The fraction of sp³-hybridized carbons (Fsp3) is 0.545. The molecule has 2 rings (SSSR count). The Kier molecular flexibility index (Phi) is 4.27. The highest BCUT2D eigenvalue weighted by atomic mass is 32.1. The lowest BCUT2D eigenvalue weighted by molar-refractivity contribution is -0.125. The Balaban J connectivity index is 1.82. The van der Waals surface area contributed by atoms with E-state index in [0.717, 1.165) is 19.4 Å². The van der Waals surface area contributed by atoms with Gasteiger partial charge in [-0.25, -0.2) is 9.78 Å². The number of carbonyl (C=O) groups excluding carboxylic acids is 1. The molecule has 1 aromatic rings. The number of nitrogens with zero attached hydrogens (tertiary/aromatic N) is 1. The minimum absolute atomic E-state index is 0.00859. The van der Waals surface area contributed by atoms with Gasteiger partial charge in [0.2, 0.25) is 5.91 Å². The molecule has 7 heteroatoms. The van der Waals surface area contributed by atoms with E-state index in [1.807, 2.05) is 0 Å². The first-order valence-corrected chi connectivity index (χ1v) is 6.71. The van der Waals surface area contributed by atoms with Gasteiger partial charge in [-0.05, 0) is 19.4 Å². The number of aromatic carboxylic acids is 1. The van der Waals surface area contributed by atoms with Crippen LogP contribution in [0.3, 0.4) is 0 Å². The van der Waals surface area contributed by atoms with Crippen LogP contribution in [0.4, 0.5) is 0 Å². The summed E-state index contributed by atoms with van der Waals surface area (Å²) in [5.41, 5.74) is 0.0311. The van der Waals surface area contributed by atoms with Crippen molar-refractivity contribution >= 4 is 23.2 Å². The number of hydrogen-bond donors (Lipinski definition) is 3. The topological polar surface area (TPSA) is 91.3 Å². The van der Waals surface area contributed by atoms with Gasteiger partial charge in [-0.2, -0.15) is 0 Å². The Morgan fingerprint density at radius 1 is 1.61 bits per heavy atom. The van der Waals surface area contributed by atoms with Crippen LogP contribution < -0.4 is 10.6 Å². The fourth-order valence-electron chi connectivity index (χ4n) is 1.87. The molecule has 18 heavy (non-hydrogen) atoms. The zero-order valence-electron chi connectivity index (χ0n) is 9.81. The maximum Gasteiger partial charge on any atom is 0.355 e. The molecule has 0 radical (unpaired) electrons. The van der Waals surface area contributed by atoms with Crippen LogP contribution in [-0.4, -0.2) is 35.1 Å². The van der Waals surface area contributed by atoms with Crippen LogP contribution in [0.1, 0.15) is 28.3 Å². The number of piperidine rings is 1. The van der Waals surface area contributed by atoms with Crippen LogP contribution in [0.2, 0.25) is 0 Å². The molecule has 2 heterocycles. The van der Waals surface area contributed by atoms with Gasteiger partial charge in [-0.15, -0.1) is 11.3 Å². The molecule has 0 aromatic carbocycles. The molecule has 1 unspecified atom stereocenters. The number of carboxylic acids is 1. The average Bonchev–Trinajstić information content (AvgIpc) is 2.86. The SMILES string of the molecule is O=C(O)c1csc(CNC(=O)C2CCCNC2)n1. The molecule has 98 valence electrons. The van der Waals surface area contributed by atoms with Crippen molar-refractivity contribution < 1.29 is 14.7 Å². The molecule has 0 aliphatic carbocycles. The predicted octanol–water partition coefficient (Wildman–Crippen LogP) is 0.457. The molecule has 3 N–H and O–H groups in total. The third-order valence-electron chi connectivity index (χ3n) is 2.85. The third-order valence-corrected chi connectivity index (χ3v) is 3.70. The minimum Gasteiger partial charge on any atom is -0.476 e. The quantitative estimate of drug-likeness (QED) is 0.738. The Bertz CT molecular complexity index is 440. The molecule has 0 saturated carbocycles. The first-order chi connectivity index (χ1) is 8.66. The molecular formula is C11H15N3O3S. The first kappa shape index (κ1) is 13.0. The summed E-state index contributed by atoms with van der Waals surface area (Å²) in [7, 11) is 0. The van der Waals surface area contributed by atoms with Gasteiger partial charge in [-0.3, -0.25) is 4.79 Å². The maximum absolute atomic E-state index is 11.8. The van der Waals surface area contributed by atoms with Gasteiger partial charge in [0.25, 0.3) is 0 Å². The lowest BCUT2D eigenvalue weighted by Crippen LogP contribution is -2.40. The van der Waals surface area contributed by atoms with Crippen LogP contribution in [0.5, 0.6) is 0 Å². The Labute approximate surface area is 108 Å². The number of hydrogen-bond acceptors (Lipinski definition) is 5. The highest BCUT2D eigenvalue weighted by Crippen LogP contribution is 2.12. The van der Waals surface area contributed by atoms with E-state index in [0.29, 0.717) is 18.1 Å². The second-order valence-corrected chi connectivity index (χ2v) is 5.14. The fourth-order valence-corrected chi connectivity index (χ4v) is 2.58. The molecule has 6 nitrogen and oxygen atoms in total. The molecule has 1 aliphatic rings. The molecule has 1 aromatic heterocycles. The number of carbonyl (C=O) groups is 2. The van der Waals surface area contributed by atoms with Gasteiger partial charge in [-0.1, -0.05) is 0 Å². The monoisotopic (exact) mass is 269 g/mol. The zero-order chi connectivity index (χ0) is 13.0. The smallest absolute Gasteiger partial charge is 0.355 e. The molecule has 1 aliphatic heterocycles. The summed E-state index contributed by atoms with van der Waals surface area (Å²) in [6.07, 6.45) is 1.91. The molecule has 1 atom stereocenters. The summed E-state index contributed by atoms with van der Waals surface area (Å²) < 4.78 is 0. The summed E-state index contributed by atoms with van der Waals surface area (Å²) in [6, 6.07) is 0. The number of amides is 1. The summed E-state index contributed by atoms with van der Waals surface area (Å²) in [4.78, 5) is 26.4. The van der Waals surface area contributed by atoms with Crippen molar-refractivity contribution in [3.8, 4) is 0 Å². The maximum atomic E-state index is 11.8. The Morgan fingerprint density at radius 3 is 3.06 bits per heavy atom. The van der Waals surface area contributed by atoms with Crippen molar-refractivity contribution in [1.29, 1.82) is 0 Å². The van der Waals surface area contributed by atoms with Crippen molar-refractivity contribution in [3.05, 3.63) is 16.1 Å². The van der Waals surface area contributed by atoms with Gasteiger partial charge >= 0.3 is 5.97 Å². The van der Waals surface area contributed by atoms with Crippen LogP contribution in [0.25, 0.3) is 0 Å². The summed E-state index contributed by atoms with van der Waals surface area (Å²) in [5, 5.41) is 16.8. The van der Waals surface area contributed by atoms with Crippen molar-refractivity contribution in [3.63, 3.8) is 0 Å². The molecule has 1 saturated heterocycles. The minimum atomic E-state index is -1.04. The normalized spacial score (nSPS) is 19.4. The van der Waals surface area contributed by atoms with Crippen molar-refractivity contribution in [2.45, 2.75) is 19.4 Å². The lowest BCUT2D eigenvalue weighted by Gasteiger charge is -2.21. The van der Waals surface area contributed by atoms with Gasteiger partial charge in [0.15, 0.2) is 5.69 Å². The van der Waals surface area contributed by atoms with Crippen molar-refractivity contribution in [2.24, 2.45) is 5.92 Å². The second-order valence-electron chi connectivity index (χ2n) is 4.19. The lowest BCUT2D eigenvalue weighted by atomic mass is 9.99. The van der Waals surface area contributed by atoms with E-state index in [4.69, 9.17) is 5.11 Å². The van der Waals surface area contributed by atoms with E-state index in [2.05, 4.69) is 15.6 Å². The molecule has 1 amide bonds. The van der Waals surface area contributed by atoms with Gasteiger partial charge in [0.1, 0.15) is 5.01 Å². The average molecular weight is 269 g/mol. The van der Waals surface area contributed by atoms with E-state index in [1.165, 1.54) is 16.7 Å². The predicted molar refractivity (Wildman–Crippen MR) is 66.5 cm³/mol. The molecular weight excluding hydrogens is 254 g/mol. The number of thiazole rings is 1. The molecule has 0 bridgehead atoms. The molecule has 1 fully saturated rings. The molecule has 0 spiro atoms.